The number of rotatable bonds is 0. The third kappa shape index (κ3) is 641. The van der Waals surface area contributed by atoms with Gasteiger partial charge in [-0.3, -0.25) is 0 Å². The minimum absolute atomic E-state index is 0. The first kappa shape index (κ1) is 18.1. The molecule has 0 aromatic carbocycles. The summed E-state index contributed by atoms with van der Waals surface area (Å²) in [6, 6.07) is 0. The van der Waals surface area contributed by atoms with Gasteiger partial charge in [0.2, 0.25) is 0 Å². The van der Waals surface area contributed by atoms with E-state index in [-0.39, 0.29) is 29.6 Å². The van der Waals surface area contributed by atoms with Crippen LogP contribution >= 0.6 is 15.6 Å². The Morgan fingerprint density at radius 2 is 0.636 bits per heavy atom. The first-order valence-electron chi connectivity index (χ1n) is 1.57. The molecule has 0 aromatic heterocycles. The van der Waals surface area contributed by atoms with Crippen LogP contribution in [0.2, 0.25) is 0 Å². The van der Waals surface area contributed by atoms with Gasteiger partial charge in [-0.15, -0.1) is 0 Å². The fourth-order valence-electron chi connectivity index (χ4n) is 0. The standard InChI is InChI=1S/Na.2H3O4P/c;2*1-5(2,3)4/h;2*(H3,1,2,3,4). The molecule has 0 rings (SSSR count). The van der Waals surface area contributed by atoms with E-state index in [1.165, 1.54) is 0 Å². The number of hydrogen-bond donors (Lipinski definition) is 6. The first-order valence-corrected chi connectivity index (χ1v) is 4.70. The Kier molecular flexibility index (Phi) is 11.0. The van der Waals surface area contributed by atoms with Gasteiger partial charge in [0.05, 0.1) is 0 Å². The quantitative estimate of drug-likeness (QED) is 0.197. The van der Waals surface area contributed by atoms with Crippen molar-refractivity contribution in [1.29, 1.82) is 0 Å². The summed E-state index contributed by atoms with van der Waals surface area (Å²) in [5, 5.41) is 0. The predicted octanol–water partition coefficient (Wildman–Crippen LogP) is -2.24. The van der Waals surface area contributed by atoms with Crippen molar-refractivity contribution in [3.05, 3.63) is 0 Å². The SMILES string of the molecule is O=P(O)(O)O.O=P(O)(O)O.[Na]. The average molecular weight is 219 g/mol. The minimum Gasteiger partial charge on any atom is -0.303 e. The third-order valence-corrected chi connectivity index (χ3v) is 0. The van der Waals surface area contributed by atoms with Crippen LogP contribution in [0.3, 0.4) is 0 Å². The largest absolute Gasteiger partial charge is 0.466 e. The molecule has 0 atom stereocenters. The Hall–Kier alpha value is 1.22. The molecular weight excluding hydrogens is 213 g/mol. The van der Waals surface area contributed by atoms with Crippen molar-refractivity contribution in [3.63, 3.8) is 0 Å². The van der Waals surface area contributed by atoms with Gasteiger partial charge in [0.1, 0.15) is 0 Å². The normalized spacial score (nSPS) is 10.7. The van der Waals surface area contributed by atoms with Crippen LogP contribution < -0.4 is 0 Å². The molecule has 11 heavy (non-hydrogen) atoms. The summed E-state index contributed by atoms with van der Waals surface area (Å²) >= 11 is 0. The molecule has 0 aliphatic heterocycles. The summed E-state index contributed by atoms with van der Waals surface area (Å²) in [5.41, 5.74) is 0. The van der Waals surface area contributed by atoms with Crippen LogP contribution in [0.4, 0.5) is 0 Å². The van der Waals surface area contributed by atoms with E-state index < -0.39 is 15.6 Å². The second-order valence-electron chi connectivity index (χ2n) is 1.03. The van der Waals surface area contributed by atoms with Crippen LogP contribution in [0.5, 0.6) is 0 Å². The molecule has 8 nitrogen and oxygen atoms in total. The number of hydrogen-bond acceptors (Lipinski definition) is 2. The van der Waals surface area contributed by atoms with Crippen LogP contribution in [0.1, 0.15) is 0 Å². The smallest absolute Gasteiger partial charge is 0.303 e. The molecule has 6 N–H and O–H groups in total. The molecule has 0 amide bonds. The molecule has 0 saturated carbocycles. The molecule has 0 bridgehead atoms. The summed E-state index contributed by atoms with van der Waals surface area (Å²) in [5.74, 6) is 0. The van der Waals surface area contributed by atoms with Gasteiger partial charge in [-0.25, -0.2) is 9.13 Å². The average Bonchev–Trinajstić information content (AvgIpc) is 1.12. The fourth-order valence-corrected chi connectivity index (χ4v) is 0. The van der Waals surface area contributed by atoms with E-state index in [2.05, 4.69) is 0 Å². The first-order chi connectivity index (χ1) is 4.00. The van der Waals surface area contributed by atoms with Crippen molar-refractivity contribution in [1.82, 2.24) is 0 Å². The summed E-state index contributed by atoms with van der Waals surface area (Å²) in [6.07, 6.45) is 0. The van der Waals surface area contributed by atoms with E-state index in [0.29, 0.717) is 0 Å². The van der Waals surface area contributed by atoms with Gasteiger partial charge >= 0.3 is 15.6 Å². The van der Waals surface area contributed by atoms with Crippen LogP contribution in [-0.2, 0) is 9.13 Å². The molecule has 0 aromatic rings. The molecule has 0 unspecified atom stereocenters. The van der Waals surface area contributed by atoms with Crippen molar-refractivity contribution < 1.29 is 38.5 Å². The summed E-state index contributed by atoms with van der Waals surface area (Å²) < 4.78 is 17.8. The van der Waals surface area contributed by atoms with Gasteiger partial charge in [0.15, 0.2) is 0 Å². The third-order valence-electron chi connectivity index (χ3n) is 0. The second-order valence-corrected chi connectivity index (χ2v) is 3.08. The van der Waals surface area contributed by atoms with Gasteiger partial charge in [-0.2, -0.15) is 0 Å². The molecule has 0 saturated heterocycles. The van der Waals surface area contributed by atoms with Gasteiger partial charge < -0.3 is 29.4 Å². The Balaban J connectivity index is -0.000000107. The molecule has 1 radical (unpaired) electrons. The second kappa shape index (κ2) is 6.71. The van der Waals surface area contributed by atoms with Crippen LogP contribution in [0.15, 0.2) is 0 Å². The molecule has 0 spiro atoms. The van der Waals surface area contributed by atoms with Gasteiger partial charge in [0, 0.05) is 29.6 Å². The Bertz CT molecular complexity index is 124. The van der Waals surface area contributed by atoms with E-state index in [0.717, 1.165) is 0 Å². The Morgan fingerprint density at radius 3 is 0.636 bits per heavy atom. The minimum atomic E-state index is -4.64. The fraction of sp³-hybridized carbons (Fsp3) is 0. The van der Waals surface area contributed by atoms with E-state index in [4.69, 9.17) is 38.5 Å². The monoisotopic (exact) mass is 219 g/mol. The zero-order chi connectivity index (χ0) is 9.00. The molecule has 65 valence electrons. The van der Waals surface area contributed by atoms with Crippen molar-refractivity contribution in [2.24, 2.45) is 0 Å². The summed E-state index contributed by atoms with van der Waals surface area (Å²) in [4.78, 5) is 43.1. The zero-order valence-electron chi connectivity index (χ0n) is 5.39. The number of phosphoric acid groups is 2. The predicted molar refractivity (Wildman–Crippen MR) is 34.3 cm³/mol. The van der Waals surface area contributed by atoms with Crippen LogP contribution in [-0.4, -0.2) is 58.9 Å². The zero-order valence-corrected chi connectivity index (χ0v) is 9.18. The Labute approximate surface area is 83.7 Å². The molecule has 0 heterocycles. The maximum atomic E-state index is 8.88. The van der Waals surface area contributed by atoms with E-state index in [1.807, 2.05) is 0 Å². The van der Waals surface area contributed by atoms with Crippen molar-refractivity contribution in [2.45, 2.75) is 0 Å². The molecule has 0 fully saturated rings. The maximum absolute atomic E-state index is 8.88. The van der Waals surface area contributed by atoms with Crippen LogP contribution in [0.25, 0.3) is 0 Å². The van der Waals surface area contributed by atoms with Crippen LogP contribution in [0, 0.1) is 0 Å². The summed E-state index contributed by atoms with van der Waals surface area (Å²) in [7, 11) is -9.28. The summed E-state index contributed by atoms with van der Waals surface area (Å²) in [6.45, 7) is 0. The van der Waals surface area contributed by atoms with Crippen molar-refractivity contribution in [3.8, 4) is 0 Å². The van der Waals surface area contributed by atoms with Gasteiger partial charge in [-0.1, -0.05) is 0 Å². The molecular formula is H6NaO8P2. The topological polar surface area (TPSA) is 156 Å². The van der Waals surface area contributed by atoms with Crippen molar-refractivity contribution >= 4 is 45.2 Å². The van der Waals surface area contributed by atoms with Gasteiger partial charge in [-0.05, 0) is 0 Å². The van der Waals surface area contributed by atoms with Gasteiger partial charge in [0.25, 0.3) is 0 Å². The van der Waals surface area contributed by atoms with Crippen molar-refractivity contribution in [2.75, 3.05) is 0 Å². The van der Waals surface area contributed by atoms with E-state index >= 15 is 0 Å². The molecule has 0 aliphatic rings. The molecule has 0 aliphatic carbocycles. The molecule has 11 heteroatoms. The Morgan fingerprint density at radius 1 is 0.636 bits per heavy atom. The van der Waals surface area contributed by atoms with E-state index in [9.17, 15) is 0 Å². The van der Waals surface area contributed by atoms with E-state index in [1.54, 1.807) is 0 Å². The maximum Gasteiger partial charge on any atom is 0.466 e.